The van der Waals surface area contributed by atoms with Gasteiger partial charge in [0, 0.05) is 25.2 Å². The molecule has 0 saturated heterocycles. The van der Waals surface area contributed by atoms with Crippen LogP contribution in [0.1, 0.15) is 17.8 Å². The topological polar surface area (TPSA) is 41.1 Å². The fourth-order valence-corrected chi connectivity index (χ4v) is 2.20. The molecule has 2 heterocycles. The molecule has 0 spiro atoms. The second kappa shape index (κ2) is 5.14. The summed E-state index contributed by atoms with van der Waals surface area (Å²) in [5.41, 5.74) is 0. The molecule has 2 rings (SSSR count). The van der Waals surface area contributed by atoms with E-state index in [1.165, 1.54) is 4.88 Å². The SMILES string of the molecule is CC(Nc1nccc(N(C)C)n1)c1cccs1. The first-order valence-electron chi connectivity index (χ1n) is 5.47. The summed E-state index contributed by atoms with van der Waals surface area (Å²) >= 11 is 1.73. The van der Waals surface area contributed by atoms with Crippen LogP contribution in [0, 0.1) is 0 Å². The van der Waals surface area contributed by atoms with Crippen molar-refractivity contribution in [3.05, 3.63) is 34.7 Å². The zero-order chi connectivity index (χ0) is 12.3. The molecule has 0 fully saturated rings. The Bertz CT molecular complexity index is 467. The molecule has 1 unspecified atom stereocenters. The molecule has 0 aliphatic heterocycles. The van der Waals surface area contributed by atoms with Gasteiger partial charge in [-0.1, -0.05) is 6.07 Å². The highest BCUT2D eigenvalue weighted by Gasteiger charge is 2.08. The number of rotatable bonds is 4. The first kappa shape index (κ1) is 11.9. The number of anilines is 2. The van der Waals surface area contributed by atoms with E-state index < -0.39 is 0 Å². The minimum atomic E-state index is 0.229. The number of nitrogens with one attached hydrogen (secondary N) is 1. The fourth-order valence-electron chi connectivity index (χ4n) is 1.47. The quantitative estimate of drug-likeness (QED) is 0.903. The van der Waals surface area contributed by atoms with Gasteiger partial charge in [-0.25, -0.2) is 4.98 Å². The van der Waals surface area contributed by atoms with Gasteiger partial charge in [0.05, 0.1) is 6.04 Å². The van der Waals surface area contributed by atoms with Crippen LogP contribution in [0.5, 0.6) is 0 Å². The summed E-state index contributed by atoms with van der Waals surface area (Å²) in [5.74, 6) is 1.57. The molecule has 90 valence electrons. The van der Waals surface area contributed by atoms with Gasteiger partial charge >= 0.3 is 0 Å². The zero-order valence-electron chi connectivity index (χ0n) is 10.2. The molecule has 0 amide bonds. The lowest BCUT2D eigenvalue weighted by Gasteiger charge is -2.15. The number of aromatic nitrogens is 2. The third kappa shape index (κ3) is 2.94. The lowest BCUT2D eigenvalue weighted by molar-refractivity contribution is 0.876. The number of nitrogens with zero attached hydrogens (tertiary/aromatic N) is 3. The van der Waals surface area contributed by atoms with Crippen molar-refractivity contribution in [1.82, 2.24) is 9.97 Å². The highest BCUT2D eigenvalue weighted by atomic mass is 32.1. The van der Waals surface area contributed by atoms with Crippen LogP contribution < -0.4 is 10.2 Å². The second-order valence-electron chi connectivity index (χ2n) is 4.01. The van der Waals surface area contributed by atoms with E-state index in [0.29, 0.717) is 5.95 Å². The molecule has 0 bridgehead atoms. The molecule has 0 radical (unpaired) electrons. The minimum Gasteiger partial charge on any atom is -0.363 e. The maximum atomic E-state index is 4.43. The van der Waals surface area contributed by atoms with Crippen LogP contribution in [-0.2, 0) is 0 Å². The smallest absolute Gasteiger partial charge is 0.225 e. The number of thiophene rings is 1. The summed E-state index contributed by atoms with van der Waals surface area (Å²) in [4.78, 5) is 11.9. The van der Waals surface area contributed by atoms with Gasteiger partial charge in [0.25, 0.3) is 0 Å². The molecule has 1 N–H and O–H groups in total. The molecule has 2 aromatic rings. The Morgan fingerprint density at radius 3 is 2.82 bits per heavy atom. The van der Waals surface area contributed by atoms with Gasteiger partial charge in [0.1, 0.15) is 5.82 Å². The molecule has 1 atom stereocenters. The highest BCUT2D eigenvalue weighted by Crippen LogP contribution is 2.21. The summed E-state index contributed by atoms with van der Waals surface area (Å²) in [7, 11) is 3.93. The molecule has 0 aliphatic carbocycles. The van der Waals surface area contributed by atoms with Crippen LogP contribution in [0.2, 0.25) is 0 Å². The maximum Gasteiger partial charge on any atom is 0.225 e. The van der Waals surface area contributed by atoms with Crippen molar-refractivity contribution in [2.45, 2.75) is 13.0 Å². The molecule has 0 saturated carbocycles. The van der Waals surface area contributed by atoms with Gasteiger partial charge in [-0.05, 0) is 24.4 Å². The Kier molecular flexibility index (Phi) is 3.58. The van der Waals surface area contributed by atoms with Crippen LogP contribution in [0.4, 0.5) is 11.8 Å². The largest absolute Gasteiger partial charge is 0.363 e. The third-order valence-electron chi connectivity index (χ3n) is 2.41. The van der Waals surface area contributed by atoms with Crippen molar-refractivity contribution >= 4 is 23.1 Å². The van der Waals surface area contributed by atoms with Crippen LogP contribution in [-0.4, -0.2) is 24.1 Å². The first-order chi connectivity index (χ1) is 8.16. The minimum absolute atomic E-state index is 0.229. The number of hydrogen-bond acceptors (Lipinski definition) is 5. The van der Waals surface area contributed by atoms with Crippen molar-refractivity contribution in [3.63, 3.8) is 0 Å². The lowest BCUT2D eigenvalue weighted by Crippen LogP contribution is -2.13. The van der Waals surface area contributed by atoms with Gasteiger partial charge in [-0.2, -0.15) is 4.98 Å². The monoisotopic (exact) mass is 248 g/mol. The van der Waals surface area contributed by atoms with Crippen molar-refractivity contribution in [3.8, 4) is 0 Å². The molecule has 2 aromatic heterocycles. The maximum absolute atomic E-state index is 4.43. The van der Waals surface area contributed by atoms with Crippen molar-refractivity contribution in [1.29, 1.82) is 0 Å². The Balaban J connectivity index is 2.11. The van der Waals surface area contributed by atoms with Gasteiger partial charge < -0.3 is 10.2 Å². The van der Waals surface area contributed by atoms with E-state index in [4.69, 9.17) is 0 Å². The standard InChI is InChI=1S/C12H16N4S/c1-9(10-5-4-8-17-10)14-12-13-7-6-11(15-12)16(2)3/h4-9H,1-3H3,(H,13,14,15). The van der Waals surface area contributed by atoms with Crippen LogP contribution in [0.3, 0.4) is 0 Å². The highest BCUT2D eigenvalue weighted by molar-refractivity contribution is 7.10. The second-order valence-corrected chi connectivity index (χ2v) is 4.99. The molecular formula is C12H16N4S. The van der Waals surface area contributed by atoms with E-state index >= 15 is 0 Å². The van der Waals surface area contributed by atoms with Crippen LogP contribution in [0.15, 0.2) is 29.8 Å². The summed E-state index contributed by atoms with van der Waals surface area (Å²) in [5, 5.41) is 5.38. The number of hydrogen-bond donors (Lipinski definition) is 1. The first-order valence-corrected chi connectivity index (χ1v) is 6.35. The molecule has 0 aromatic carbocycles. The third-order valence-corrected chi connectivity index (χ3v) is 3.47. The predicted molar refractivity (Wildman–Crippen MR) is 72.7 cm³/mol. The van der Waals surface area contributed by atoms with E-state index in [0.717, 1.165) is 5.82 Å². The van der Waals surface area contributed by atoms with Crippen LogP contribution >= 0.6 is 11.3 Å². The van der Waals surface area contributed by atoms with Gasteiger partial charge in [-0.15, -0.1) is 11.3 Å². The van der Waals surface area contributed by atoms with Crippen molar-refractivity contribution in [2.75, 3.05) is 24.3 Å². The summed E-state index contributed by atoms with van der Waals surface area (Å²) < 4.78 is 0. The Hall–Kier alpha value is -1.62. The summed E-state index contributed by atoms with van der Waals surface area (Å²) in [6.07, 6.45) is 1.77. The van der Waals surface area contributed by atoms with Gasteiger partial charge in [-0.3, -0.25) is 0 Å². The normalized spacial score (nSPS) is 12.2. The van der Waals surface area contributed by atoms with E-state index in [1.54, 1.807) is 17.5 Å². The van der Waals surface area contributed by atoms with Crippen LogP contribution in [0.25, 0.3) is 0 Å². The fraction of sp³-hybridized carbons (Fsp3) is 0.333. The molecule has 0 aliphatic rings. The van der Waals surface area contributed by atoms with Gasteiger partial charge in [0.2, 0.25) is 5.95 Å². The van der Waals surface area contributed by atoms with E-state index in [-0.39, 0.29) is 6.04 Å². The Morgan fingerprint density at radius 1 is 1.35 bits per heavy atom. The lowest BCUT2D eigenvalue weighted by atomic mass is 10.3. The Labute approximate surface area is 105 Å². The zero-order valence-corrected chi connectivity index (χ0v) is 11.0. The van der Waals surface area contributed by atoms with Crippen molar-refractivity contribution in [2.24, 2.45) is 0 Å². The molecule has 5 heteroatoms. The van der Waals surface area contributed by atoms with Crippen molar-refractivity contribution < 1.29 is 0 Å². The van der Waals surface area contributed by atoms with E-state index in [2.05, 4.69) is 39.7 Å². The average Bonchev–Trinajstić information content (AvgIpc) is 2.82. The average molecular weight is 248 g/mol. The Morgan fingerprint density at radius 2 is 2.18 bits per heavy atom. The predicted octanol–water partition coefficient (Wildman–Crippen LogP) is 2.78. The molecule has 17 heavy (non-hydrogen) atoms. The van der Waals surface area contributed by atoms with E-state index in [1.807, 2.05) is 25.1 Å². The summed E-state index contributed by atoms with van der Waals surface area (Å²) in [6.45, 7) is 2.11. The molecule has 4 nitrogen and oxygen atoms in total. The van der Waals surface area contributed by atoms with Gasteiger partial charge in [0.15, 0.2) is 0 Å². The molecular weight excluding hydrogens is 232 g/mol. The summed E-state index contributed by atoms with van der Waals surface area (Å²) in [6, 6.07) is 6.28. The van der Waals surface area contributed by atoms with E-state index in [9.17, 15) is 0 Å².